The zero-order valence-corrected chi connectivity index (χ0v) is 20.0. The molecule has 35 heavy (non-hydrogen) atoms. The minimum absolute atomic E-state index is 0.237. The van der Waals surface area contributed by atoms with E-state index < -0.39 is 5.97 Å². The number of para-hydroxylation sites is 2. The van der Waals surface area contributed by atoms with Gasteiger partial charge in [-0.15, -0.1) is 0 Å². The Morgan fingerprint density at radius 1 is 1.11 bits per heavy atom. The Labute approximate surface area is 208 Å². The molecule has 4 aromatic rings. The number of thiocarbonyl (C=S) groups is 1. The van der Waals surface area contributed by atoms with Gasteiger partial charge in [0.25, 0.3) is 0 Å². The number of nitrogens with one attached hydrogen (secondary N) is 1. The molecule has 2 N–H and O–H groups in total. The number of benzene rings is 2. The fourth-order valence-electron chi connectivity index (χ4n) is 4.46. The van der Waals surface area contributed by atoms with Crippen molar-refractivity contribution in [1.29, 1.82) is 0 Å². The van der Waals surface area contributed by atoms with E-state index in [1.54, 1.807) is 31.5 Å². The minimum atomic E-state index is -0.962. The van der Waals surface area contributed by atoms with Gasteiger partial charge >= 0.3 is 5.97 Å². The molecule has 0 unspecified atom stereocenters. The van der Waals surface area contributed by atoms with Gasteiger partial charge in [-0.25, -0.2) is 4.79 Å². The minimum Gasteiger partial charge on any atom is -0.495 e. The number of pyridine rings is 1. The number of carbonyl (C=O) groups is 1. The molecule has 1 aliphatic heterocycles. The number of carboxylic acids is 1. The number of aromatic nitrogens is 1. The first-order valence-corrected chi connectivity index (χ1v) is 11.5. The predicted octanol–water partition coefficient (Wildman–Crippen LogP) is 5.53. The molecule has 1 aliphatic rings. The fraction of sp³-hybridized carbons (Fsp3) is 0.148. The SMILES string of the molecule is COc1ccccc1N1C(=S)N[C@H](c2ccccn2)[C@H]1c1ccc(-c2ccc(C(=O)O)cc2C)o1. The molecule has 2 aromatic carbocycles. The van der Waals surface area contributed by atoms with Gasteiger partial charge in [0.2, 0.25) is 0 Å². The van der Waals surface area contributed by atoms with Gasteiger partial charge in [0, 0.05) is 11.8 Å². The van der Waals surface area contributed by atoms with Crippen molar-refractivity contribution in [3.05, 3.63) is 102 Å². The van der Waals surface area contributed by atoms with Crippen molar-refractivity contribution in [1.82, 2.24) is 10.3 Å². The summed E-state index contributed by atoms with van der Waals surface area (Å²) in [7, 11) is 1.63. The smallest absolute Gasteiger partial charge is 0.335 e. The van der Waals surface area contributed by atoms with Gasteiger partial charge < -0.3 is 24.5 Å². The molecule has 1 saturated heterocycles. The summed E-state index contributed by atoms with van der Waals surface area (Å²) >= 11 is 5.78. The van der Waals surface area contributed by atoms with Crippen LogP contribution >= 0.6 is 12.2 Å². The lowest BCUT2D eigenvalue weighted by Gasteiger charge is -2.27. The number of hydrogen-bond acceptors (Lipinski definition) is 5. The van der Waals surface area contributed by atoms with E-state index in [0.29, 0.717) is 22.4 Å². The van der Waals surface area contributed by atoms with E-state index in [-0.39, 0.29) is 17.6 Å². The van der Waals surface area contributed by atoms with E-state index in [0.717, 1.165) is 22.5 Å². The van der Waals surface area contributed by atoms with Crippen molar-refractivity contribution in [2.45, 2.75) is 19.0 Å². The van der Waals surface area contributed by atoms with E-state index >= 15 is 0 Å². The van der Waals surface area contributed by atoms with Gasteiger partial charge in [0.1, 0.15) is 23.3 Å². The molecule has 0 saturated carbocycles. The lowest BCUT2D eigenvalue weighted by Crippen LogP contribution is -2.29. The Morgan fingerprint density at radius 2 is 1.91 bits per heavy atom. The quantitative estimate of drug-likeness (QED) is 0.345. The Kier molecular flexibility index (Phi) is 5.96. The lowest BCUT2D eigenvalue weighted by atomic mass is 10.0. The molecule has 2 aromatic heterocycles. The number of methoxy groups -OCH3 is 1. The number of nitrogens with zero attached hydrogens (tertiary/aromatic N) is 2. The average Bonchev–Trinajstić information content (AvgIpc) is 3.48. The zero-order chi connectivity index (χ0) is 24.5. The van der Waals surface area contributed by atoms with E-state index in [4.69, 9.17) is 21.4 Å². The van der Waals surface area contributed by atoms with Crippen LogP contribution in [0.25, 0.3) is 11.3 Å². The number of aromatic carboxylic acids is 1. The van der Waals surface area contributed by atoms with E-state index in [1.165, 1.54) is 0 Å². The van der Waals surface area contributed by atoms with Crippen LogP contribution in [0.15, 0.2) is 83.4 Å². The Bertz CT molecular complexity index is 1400. The summed E-state index contributed by atoms with van der Waals surface area (Å²) in [6.07, 6.45) is 1.75. The molecule has 5 rings (SSSR count). The summed E-state index contributed by atoms with van der Waals surface area (Å²) in [4.78, 5) is 17.9. The van der Waals surface area contributed by atoms with Crippen molar-refractivity contribution >= 4 is 29.0 Å². The summed E-state index contributed by atoms with van der Waals surface area (Å²) < 4.78 is 12.0. The number of aryl methyl sites for hydroxylation is 1. The molecule has 1 fully saturated rings. The van der Waals surface area contributed by atoms with Crippen molar-refractivity contribution in [2.24, 2.45) is 0 Å². The second-order valence-electron chi connectivity index (χ2n) is 8.21. The monoisotopic (exact) mass is 485 g/mol. The van der Waals surface area contributed by atoms with Crippen molar-refractivity contribution < 1.29 is 19.1 Å². The normalized spacial score (nSPS) is 17.3. The predicted molar refractivity (Wildman–Crippen MR) is 137 cm³/mol. The van der Waals surface area contributed by atoms with Crippen LogP contribution in [0, 0.1) is 6.92 Å². The first-order valence-electron chi connectivity index (χ1n) is 11.1. The van der Waals surface area contributed by atoms with Gasteiger partial charge in [-0.05, 0) is 73.2 Å². The van der Waals surface area contributed by atoms with Crippen LogP contribution in [0.5, 0.6) is 5.75 Å². The number of ether oxygens (including phenoxy) is 1. The topological polar surface area (TPSA) is 87.8 Å². The summed E-state index contributed by atoms with van der Waals surface area (Å²) in [5.74, 6) is 1.06. The van der Waals surface area contributed by atoms with Gasteiger partial charge in [0.05, 0.1) is 30.1 Å². The molecule has 2 atom stereocenters. The van der Waals surface area contributed by atoms with E-state index in [2.05, 4.69) is 10.3 Å². The molecule has 0 aliphatic carbocycles. The molecule has 8 heteroatoms. The summed E-state index contributed by atoms with van der Waals surface area (Å²) in [6.45, 7) is 1.87. The zero-order valence-electron chi connectivity index (χ0n) is 19.1. The number of furan rings is 1. The van der Waals surface area contributed by atoms with Gasteiger partial charge in [0.15, 0.2) is 5.11 Å². The first-order chi connectivity index (χ1) is 17.0. The Hall–Kier alpha value is -4.17. The molecule has 0 radical (unpaired) electrons. The maximum Gasteiger partial charge on any atom is 0.335 e. The third-order valence-corrected chi connectivity index (χ3v) is 6.41. The first kappa shape index (κ1) is 22.6. The molecule has 176 valence electrons. The maximum absolute atomic E-state index is 11.3. The third kappa shape index (κ3) is 4.13. The molecular formula is C27H23N3O4S. The van der Waals surface area contributed by atoms with Crippen molar-refractivity contribution in [3.63, 3.8) is 0 Å². The standard InChI is InChI=1S/C27H23N3O4S/c1-16-15-17(26(31)32)10-11-18(16)21-12-13-23(34-21)25-24(19-7-5-6-14-28-19)29-27(35)30(25)20-8-3-4-9-22(20)33-2/h3-15,24-25H,1-2H3,(H,29,35)(H,31,32)/t24-,25-/m1/s1. The second-order valence-corrected chi connectivity index (χ2v) is 8.59. The van der Waals surface area contributed by atoms with Gasteiger partial charge in [-0.3, -0.25) is 4.98 Å². The van der Waals surface area contributed by atoms with Crippen LogP contribution in [0.3, 0.4) is 0 Å². The summed E-state index contributed by atoms with van der Waals surface area (Å²) in [5.41, 5.74) is 3.52. The average molecular weight is 486 g/mol. The number of carboxylic acid groups (broad SMARTS) is 1. The van der Waals surface area contributed by atoms with Crippen LogP contribution in [0.1, 0.15) is 39.5 Å². The Morgan fingerprint density at radius 3 is 2.63 bits per heavy atom. The van der Waals surface area contributed by atoms with Crippen LogP contribution in [0.2, 0.25) is 0 Å². The Balaban J connectivity index is 1.61. The number of rotatable bonds is 6. The molecule has 7 nitrogen and oxygen atoms in total. The highest BCUT2D eigenvalue weighted by atomic mass is 32.1. The second kappa shape index (κ2) is 9.23. The highest BCUT2D eigenvalue weighted by Gasteiger charge is 2.43. The maximum atomic E-state index is 11.3. The molecule has 3 heterocycles. The summed E-state index contributed by atoms with van der Waals surface area (Å²) in [6, 6.07) is 21.7. The number of anilines is 1. The van der Waals surface area contributed by atoms with Crippen molar-refractivity contribution in [3.8, 4) is 17.1 Å². The van der Waals surface area contributed by atoms with Gasteiger partial charge in [-0.2, -0.15) is 0 Å². The van der Waals surface area contributed by atoms with Crippen LogP contribution in [0.4, 0.5) is 5.69 Å². The van der Waals surface area contributed by atoms with Crippen LogP contribution < -0.4 is 15.0 Å². The summed E-state index contributed by atoms with van der Waals surface area (Å²) in [5, 5.41) is 13.2. The molecule has 0 bridgehead atoms. The third-order valence-electron chi connectivity index (χ3n) is 6.10. The van der Waals surface area contributed by atoms with Crippen molar-refractivity contribution in [2.75, 3.05) is 12.0 Å². The largest absolute Gasteiger partial charge is 0.495 e. The lowest BCUT2D eigenvalue weighted by molar-refractivity contribution is 0.0696. The molecule has 0 spiro atoms. The van der Waals surface area contributed by atoms with E-state index in [9.17, 15) is 9.90 Å². The molecule has 0 amide bonds. The fourth-order valence-corrected chi connectivity index (χ4v) is 4.80. The highest BCUT2D eigenvalue weighted by Crippen LogP contribution is 2.45. The molecular weight excluding hydrogens is 462 g/mol. The number of hydrogen-bond donors (Lipinski definition) is 2. The van der Waals surface area contributed by atoms with Crippen LogP contribution in [-0.2, 0) is 0 Å². The highest BCUT2D eigenvalue weighted by molar-refractivity contribution is 7.80. The van der Waals surface area contributed by atoms with Gasteiger partial charge in [-0.1, -0.05) is 24.3 Å². The van der Waals surface area contributed by atoms with Crippen LogP contribution in [-0.4, -0.2) is 28.3 Å². The van der Waals surface area contributed by atoms with E-state index in [1.807, 2.05) is 66.4 Å².